The summed E-state index contributed by atoms with van der Waals surface area (Å²) in [7, 11) is 1.73. The molecular formula is C9H14N2O2. The number of benzene rings is 1. The zero-order valence-electron chi connectivity index (χ0n) is 7.49. The van der Waals surface area contributed by atoms with Crippen LogP contribution >= 0.6 is 0 Å². The van der Waals surface area contributed by atoms with E-state index in [1.54, 1.807) is 19.2 Å². The highest BCUT2D eigenvalue weighted by molar-refractivity contribution is 5.51. The average Bonchev–Trinajstić information content (AvgIpc) is 2.13. The van der Waals surface area contributed by atoms with E-state index in [0.717, 1.165) is 0 Å². The quantitative estimate of drug-likeness (QED) is 0.398. The van der Waals surface area contributed by atoms with Crippen LogP contribution < -0.4 is 11.1 Å². The fourth-order valence-corrected chi connectivity index (χ4v) is 1.21. The lowest BCUT2D eigenvalue weighted by atomic mass is 10.1. The summed E-state index contributed by atoms with van der Waals surface area (Å²) in [5.74, 6) is 0.151. The maximum Gasteiger partial charge on any atom is 0.116 e. The molecule has 72 valence electrons. The van der Waals surface area contributed by atoms with Crippen molar-refractivity contribution in [2.24, 2.45) is 0 Å². The van der Waals surface area contributed by atoms with Crippen LogP contribution in [-0.2, 0) is 0 Å². The third kappa shape index (κ3) is 2.11. The largest absolute Gasteiger partial charge is 0.508 e. The lowest BCUT2D eigenvalue weighted by molar-refractivity contribution is 0.251. The second kappa shape index (κ2) is 4.11. The van der Waals surface area contributed by atoms with Gasteiger partial charge in [-0.25, -0.2) is 0 Å². The van der Waals surface area contributed by atoms with E-state index in [4.69, 9.17) is 10.8 Å². The first-order valence-electron chi connectivity index (χ1n) is 4.05. The Kier molecular flexibility index (Phi) is 3.11. The zero-order valence-corrected chi connectivity index (χ0v) is 7.49. The summed E-state index contributed by atoms with van der Waals surface area (Å²) in [6, 6.07) is 4.45. The van der Waals surface area contributed by atoms with Gasteiger partial charge in [0.15, 0.2) is 0 Å². The fourth-order valence-electron chi connectivity index (χ4n) is 1.21. The van der Waals surface area contributed by atoms with E-state index in [1.165, 1.54) is 6.07 Å². The van der Waals surface area contributed by atoms with Crippen LogP contribution in [0.4, 0.5) is 5.69 Å². The van der Waals surface area contributed by atoms with Gasteiger partial charge >= 0.3 is 0 Å². The molecule has 1 aromatic carbocycles. The monoisotopic (exact) mass is 182 g/mol. The van der Waals surface area contributed by atoms with Crippen molar-refractivity contribution >= 4 is 5.69 Å². The molecule has 0 saturated carbocycles. The SMILES string of the molecule is CNC(CO)c1cc(O)ccc1N. The van der Waals surface area contributed by atoms with Crippen molar-refractivity contribution in [1.29, 1.82) is 0 Å². The van der Waals surface area contributed by atoms with Gasteiger partial charge in [-0.1, -0.05) is 0 Å². The number of phenolic OH excluding ortho intramolecular Hbond substituents is 1. The van der Waals surface area contributed by atoms with E-state index in [0.29, 0.717) is 11.3 Å². The molecule has 0 spiro atoms. The Hall–Kier alpha value is -1.26. The van der Waals surface area contributed by atoms with E-state index in [1.807, 2.05) is 0 Å². The number of hydrogen-bond acceptors (Lipinski definition) is 4. The summed E-state index contributed by atoms with van der Waals surface area (Å²) >= 11 is 0. The number of aliphatic hydroxyl groups excluding tert-OH is 1. The highest BCUT2D eigenvalue weighted by Gasteiger charge is 2.11. The molecule has 1 unspecified atom stereocenters. The van der Waals surface area contributed by atoms with Crippen LogP contribution in [-0.4, -0.2) is 23.9 Å². The van der Waals surface area contributed by atoms with Gasteiger partial charge < -0.3 is 21.3 Å². The summed E-state index contributed by atoms with van der Waals surface area (Å²) < 4.78 is 0. The van der Waals surface area contributed by atoms with Crippen LogP contribution in [0.1, 0.15) is 11.6 Å². The number of aliphatic hydroxyl groups is 1. The van der Waals surface area contributed by atoms with Crippen molar-refractivity contribution in [3.63, 3.8) is 0 Å². The van der Waals surface area contributed by atoms with Crippen molar-refractivity contribution in [3.8, 4) is 5.75 Å². The van der Waals surface area contributed by atoms with E-state index < -0.39 is 0 Å². The van der Waals surface area contributed by atoms with E-state index >= 15 is 0 Å². The molecule has 0 fully saturated rings. The summed E-state index contributed by atoms with van der Waals surface area (Å²) in [6.45, 7) is -0.0514. The highest BCUT2D eigenvalue weighted by Crippen LogP contribution is 2.24. The molecule has 4 heteroatoms. The second-order valence-corrected chi connectivity index (χ2v) is 2.84. The van der Waals surface area contributed by atoms with Gasteiger partial charge in [-0.05, 0) is 30.8 Å². The number of phenols is 1. The number of aromatic hydroxyl groups is 1. The maximum atomic E-state index is 9.21. The molecule has 1 rings (SSSR count). The van der Waals surface area contributed by atoms with E-state index in [9.17, 15) is 5.11 Å². The molecule has 0 heterocycles. The molecule has 5 N–H and O–H groups in total. The summed E-state index contributed by atoms with van der Waals surface area (Å²) in [4.78, 5) is 0. The minimum absolute atomic E-state index is 0.0514. The fraction of sp³-hybridized carbons (Fsp3) is 0.333. The lowest BCUT2D eigenvalue weighted by Crippen LogP contribution is -2.21. The minimum Gasteiger partial charge on any atom is -0.508 e. The average molecular weight is 182 g/mol. The van der Waals surface area contributed by atoms with Gasteiger partial charge in [-0.3, -0.25) is 0 Å². The number of nitrogens with one attached hydrogen (secondary N) is 1. The summed E-state index contributed by atoms with van der Waals surface area (Å²) in [6.07, 6.45) is 0. The van der Waals surface area contributed by atoms with Crippen LogP contribution in [0.25, 0.3) is 0 Å². The zero-order chi connectivity index (χ0) is 9.84. The van der Waals surface area contributed by atoms with Gasteiger partial charge in [0.25, 0.3) is 0 Å². The van der Waals surface area contributed by atoms with Crippen LogP contribution in [0.3, 0.4) is 0 Å². The molecule has 0 aliphatic rings. The molecule has 1 aromatic rings. The van der Waals surface area contributed by atoms with Gasteiger partial charge in [-0.15, -0.1) is 0 Å². The van der Waals surface area contributed by atoms with Crippen molar-refractivity contribution < 1.29 is 10.2 Å². The predicted octanol–water partition coefficient (Wildman–Crippen LogP) is 0.227. The van der Waals surface area contributed by atoms with E-state index in [-0.39, 0.29) is 18.4 Å². The van der Waals surface area contributed by atoms with Crippen LogP contribution in [0, 0.1) is 0 Å². The van der Waals surface area contributed by atoms with E-state index in [2.05, 4.69) is 5.32 Å². The molecule has 0 bridgehead atoms. The van der Waals surface area contributed by atoms with Crippen LogP contribution in [0.5, 0.6) is 5.75 Å². The Bertz CT molecular complexity index is 285. The van der Waals surface area contributed by atoms with Gasteiger partial charge in [-0.2, -0.15) is 0 Å². The highest BCUT2D eigenvalue weighted by atomic mass is 16.3. The first kappa shape index (κ1) is 9.83. The Morgan fingerprint density at radius 3 is 2.77 bits per heavy atom. The number of rotatable bonds is 3. The topological polar surface area (TPSA) is 78.5 Å². The summed E-state index contributed by atoms with van der Waals surface area (Å²) in [5.41, 5.74) is 6.95. The number of nitrogens with two attached hydrogens (primary N) is 1. The van der Waals surface area contributed by atoms with Crippen LogP contribution in [0.15, 0.2) is 18.2 Å². The predicted molar refractivity (Wildman–Crippen MR) is 51.4 cm³/mol. The number of hydrogen-bond donors (Lipinski definition) is 4. The van der Waals surface area contributed by atoms with Crippen molar-refractivity contribution in [3.05, 3.63) is 23.8 Å². The van der Waals surface area contributed by atoms with Crippen molar-refractivity contribution in [1.82, 2.24) is 5.32 Å². The lowest BCUT2D eigenvalue weighted by Gasteiger charge is -2.15. The van der Waals surface area contributed by atoms with Crippen LogP contribution in [0.2, 0.25) is 0 Å². The Morgan fingerprint density at radius 1 is 1.54 bits per heavy atom. The Labute approximate surface area is 77.0 Å². The standard InChI is InChI=1S/C9H14N2O2/c1-11-9(5-12)7-4-6(13)2-3-8(7)10/h2-4,9,11-13H,5,10H2,1H3. The van der Waals surface area contributed by atoms with Gasteiger partial charge in [0, 0.05) is 5.69 Å². The summed E-state index contributed by atoms with van der Waals surface area (Å²) in [5, 5.41) is 21.1. The molecule has 0 aromatic heterocycles. The van der Waals surface area contributed by atoms with Crippen molar-refractivity contribution in [2.45, 2.75) is 6.04 Å². The Balaban J connectivity index is 3.03. The molecule has 0 aliphatic carbocycles. The number of likely N-dealkylation sites (N-methyl/N-ethyl adjacent to an activating group) is 1. The van der Waals surface area contributed by atoms with Crippen molar-refractivity contribution in [2.75, 3.05) is 19.4 Å². The molecule has 0 radical (unpaired) electrons. The maximum absolute atomic E-state index is 9.21. The second-order valence-electron chi connectivity index (χ2n) is 2.84. The van der Waals surface area contributed by atoms with Gasteiger partial charge in [0.2, 0.25) is 0 Å². The molecule has 0 amide bonds. The number of anilines is 1. The van der Waals surface area contributed by atoms with Gasteiger partial charge in [0.1, 0.15) is 5.75 Å². The van der Waals surface area contributed by atoms with Gasteiger partial charge in [0.05, 0.1) is 12.6 Å². The first-order valence-corrected chi connectivity index (χ1v) is 4.05. The molecular weight excluding hydrogens is 168 g/mol. The molecule has 0 saturated heterocycles. The first-order chi connectivity index (χ1) is 6.19. The molecule has 4 nitrogen and oxygen atoms in total. The molecule has 1 atom stereocenters. The third-order valence-electron chi connectivity index (χ3n) is 1.98. The number of nitrogen functional groups attached to an aromatic ring is 1. The Morgan fingerprint density at radius 2 is 2.23 bits per heavy atom. The smallest absolute Gasteiger partial charge is 0.116 e. The molecule has 0 aliphatic heterocycles. The normalized spacial score (nSPS) is 12.8. The third-order valence-corrected chi connectivity index (χ3v) is 1.98. The minimum atomic E-state index is -0.230. The molecule has 13 heavy (non-hydrogen) atoms.